The third-order valence-electron chi connectivity index (χ3n) is 6.12. The third-order valence-corrected chi connectivity index (χ3v) is 6.12. The Balaban J connectivity index is 1.15. The summed E-state index contributed by atoms with van der Waals surface area (Å²) in [6.45, 7) is 0. The molecular formula is C20H27N11O. The van der Waals surface area contributed by atoms with E-state index in [9.17, 15) is 4.79 Å². The van der Waals surface area contributed by atoms with E-state index in [1.807, 2.05) is 13.1 Å². The topological polar surface area (TPSA) is 142 Å². The van der Waals surface area contributed by atoms with Gasteiger partial charge in [-0.3, -0.25) is 9.89 Å². The summed E-state index contributed by atoms with van der Waals surface area (Å²) in [5.74, 6) is 2.61. The highest BCUT2D eigenvalue weighted by atomic mass is 16.2. The number of tetrazole rings is 1. The van der Waals surface area contributed by atoms with E-state index in [1.54, 1.807) is 13.2 Å². The summed E-state index contributed by atoms with van der Waals surface area (Å²) in [5.41, 5.74) is 1.18. The molecule has 0 bridgehead atoms. The summed E-state index contributed by atoms with van der Waals surface area (Å²) in [5, 5.41) is 25.1. The Morgan fingerprint density at radius 1 is 1.19 bits per heavy atom. The first-order chi connectivity index (χ1) is 15.5. The van der Waals surface area contributed by atoms with E-state index < -0.39 is 0 Å². The summed E-state index contributed by atoms with van der Waals surface area (Å²) >= 11 is 0. The first-order valence-corrected chi connectivity index (χ1v) is 11.0. The van der Waals surface area contributed by atoms with Crippen molar-refractivity contribution in [3.8, 4) is 0 Å². The van der Waals surface area contributed by atoms with Crippen molar-refractivity contribution in [2.45, 2.75) is 56.5 Å². The van der Waals surface area contributed by atoms with Crippen LogP contribution >= 0.6 is 0 Å². The van der Waals surface area contributed by atoms with Crippen LogP contribution in [0.2, 0.25) is 0 Å². The van der Waals surface area contributed by atoms with Gasteiger partial charge in [-0.15, -0.1) is 10.2 Å². The monoisotopic (exact) mass is 437 g/mol. The van der Waals surface area contributed by atoms with Crippen LogP contribution in [0.3, 0.4) is 0 Å². The van der Waals surface area contributed by atoms with Crippen LogP contribution in [-0.4, -0.2) is 65.4 Å². The zero-order valence-electron chi connectivity index (χ0n) is 18.2. The lowest BCUT2D eigenvalue weighted by molar-refractivity contribution is 0.0914. The molecule has 12 heteroatoms. The standard InChI is InChI=1S/C20H27N11O/c1-30(14-7-5-13(6-8-14)22-19(32)18-27-29-31(2)28-18)20-21-10-9-16(24-20)23-17-11-15(25-26-17)12-3-4-12/h9-14H,3-8H2,1-2H3,(H,22,32)(H2,21,23,24,25,26)/t13-,14-. The Bertz CT molecular complexity index is 1080. The number of carbonyl (C=O) groups is 1. The van der Waals surface area contributed by atoms with Crippen LogP contribution in [0.4, 0.5) is 17.6 Å². The molecule has 2 aliphatic carbocycles. The molecule has 2 saturated carbocycles. The van der Waals surface area contributed by atoms with Crippen molar-refractivity contribution < 1.29 is 4.79 Å². The van der Waals surface area contributed by atoms with Crippen molar-refractivity contribution in [2.24, 2.45) is 7.05 Å². The molecule has 0 atom stereocenters. The molecule has 0 unspecified atom stereocenters. The Morgan fingerprint density at radius 3 is 2.72 bits per heavy atom. The molecule has 0 saturated heterocycles. The van der Waals surface area contributed by atoms with Gasteiger partial charge in [0.2, 0.25) is 5.95 Å². The van der Waals surface area contributed by atoms with E-state index in [4.69, 9.17) is 0 Å². The highest BCUT2D eigenvalue weighted by Crippen LogP contribution is 2.39. The minimum Gasteiger partial charge on any atom is -0.346 e. The largest absolute Gasteiger partial charge is 0.346 e. The molecule has 3 aromatic rings. The second-order valence-electron chi connectivity index (χ2n) is 8.54. The smallest absolute Gasteiger partial charge is 0.293 e. The fourth-order valence-corrected chi connectivity index (χ4v) is 4.12. The zero-order valence-corrected chi connectivity index (χ0v) is 18.2. The number of hydrogen-bond donors (Lipinski definition) is 3. The molecule has 3 heterocycles. The molecule has 0 radical (unpaired) electrons. The fourth-order valence-electron chi connectivity index (χ4n) is 4.12. The number of rotatable bonds is 7. The summed E-state index contributed by atoms with van der Waals surface area (Å²) in [6.07, 6.45) is 7.82. The van der Waals surface area contributed by atoms with E-state index in [0.717, 1.165) is 31.5 Å². The quantitative estimate of drug-likeness (QED) is 0.501. The number of aromatic amines is 1. The van der Waals surface area contributed by atoms with Gasteiger partial charge in [0.1, 0.15) is 5.82 Å². The molecule has 0 aromatic carbocycles. The van der Waals surface area contributed by atoms with Crippen molar-refractivity contribution in [3.05, 3.63) is 29.8 Å². The van der Waals surface area contributed by atoms with Gasteiger partial charge in [-0.05, 0) is 49.8 Å². The number of hydrogen-bond acceptors (Lipinski definition) is 9. The molecule has 1 amide bonds. The summed E-state index contributed by atoms with van der Waals surface area (Å²) in [7, 11) is 3.66. The van der Waals surface area contributed by atoms with E-state index in [2.05, 4.69) is 57.2 Å². The second-order valence-corrected chi connectivity index (χ2v) is 8.54. The molecule has 0 spiro atoms. The van der Waals surface area contributed by atoms with Gasteiger partial charge in [-0.1, -0.05) is 0 Å². The van der Waals surface area contributed by atoms with Gasteiger partial charge >= 0.3 is 0 Å². The van der Waals surface area contributed by atoms with Gasteiger partial charge in [0.15, 0.2) is 5.82 Å². The maximum absolute atomic E-state index is 12.3. The molecule has 12 nitrogen and oxygen atoms in total. The van der Waals surface area contributed by atoms with Crippen LogP contribution < -0.4 is 15.5 Å². The number of nitrogens with zero attached hydrogens (tertiary/aromatic N) is 8. The number of carbonyl (C=O) groups excluding carboxylic acids is 1. The molecule has 3 aromatic heterocycles. The molecule has 0 aliphatic heterocycles. The van der Waals surface area contributed by atoms with Gasteiger partial charge in [0, 0.05) is 43.0 Å². The minimum atomic E-state index is -0.278. The van der Waals surface area contributed by atoms with Crippen LogP contribution in [0.15, 0.2) is 18.3 Å². The predicted molar refractivity (Wildman–Crippen MR) is 117 cm³/mol. The van der Waals surface area contributed by atoms with Crippen molar-refractivity contribution in [2.75, 3.05) is 17.3 Å². The number of aryl methyl sites for hydroxylation is 1. The highest BCUT2D eigenvalue weighted by Gasteiger charge is 2.28. The van der Waals surface area contributed by atoms with Gasteiger partial charge in [-0.25, -0.2) is 4.98 Å². The molecule has 5 rings (SSSR count). The summed E-state index contributed by atoms with van der Waals surface area (Å²) in [6, 6.07) is 4.30. The van der Waals surface area contributed by atoms with E-state index >= 15 is 0 Å². The summed E-state index contributed by atoms with van der Waals surface area (Å²) in [4.78, 5) is 24.8. The van der Waals surface area contributed by atoms with Crippen LogP contribution in [0.25, 0.3) is 0 Å². The van der Waals surface area contributed by atoms with Crippen LogP contribution in [-0.2, 0) is 7.05 Å². The maximum atomic E-state index is 12.3. The molecular weight excluding hydrogens is 410 g/mol. The van der Waals surface area contributed by atoms with Gasteiger partial charge in [0.05, 0.1) is 7.05 Å². The third kappa shape index (κ3) is 4.53. The van der Waals surface area contributed by atoms with Crippen molar-refractivity contribution in [3.63, 3.8) is 0 Å². The van der Waals surface area contributed by atoms with Crippen molar-refractivity contribution in [1.82, 2.24) is 45.7 Å². The van der Waals surface area contributed by atoms with Crippen molar-refractivity contribution >= 4 is 23.5 Å². The SMILES string of the molecule is Cn1nnc(C(=O)N[C@H]2CC[C@H](N(C)c3nccc(Nc4cc(C5CC5)[nH]n4)n3)CC2)n1. The average Bonchev–Trinajstić information content (AvgIpc) is 3.39. The minimum absolute atomic E-state index is 0.102. The van der Waals surface area contributed by atoms with Crippen LogP contribution in [0.5, 0.6) is 0 Å². The molecule has 32 heavy (non-hydrogen) atoms. The molecule has 3 N–H and O–H groups in total. The lowest BCUT2D eigenvalue weighted by Gasteiger charge is -2.34. The predicted octanol–water partition coefficient (Wildman–Crippen LogP) is 1.52. The summed E-state index contributed by atoms with van der Waals surface area (Å²) < 4.78 is 0. The van der Waals surface area contributed by atoms with Gasteiger partial charge < -0.3 is 15.5 Å². The number of nitrogens with one attached hydrogen (secondary N) is 3. The molecule has 2 fully saturated rings. The van der Waals surface area contributed by atoms with E-state index in [1.165, 1.54) is 23.3 Å². The first kappa shape index (κ1) is 20.3. The first-order valence-electron chi connectivity index (χ1n) is 11.0. The van der Waals surface area contributed by atoms with E-state index in [0.29, 0.717) is 23.7 Å². The Kier molecular flexibility index (Phi) is 5.41. The fraction of sp³-hybridized carbons (Fsp3) is 0.550. The average molecular weight is 438 g/mol. The number of H-pyrrole nitrogens is 1. The zero-order chi connectivity index (χ0) is 22.1. The molecule has 2 aliphatic rings. The van der Waals surface area contributed by atoms with Crippen LogP contribution in [0, 0.1) is 0 Å². The van der Waals surface area contributed by atoms with Crippen molar-refractivity contribution in [1.29, 1.82) is 0 Å². The lowest BCUT2D eigenvalue weighted by Crippen LogP contribution is -2.43. The Hall–Kier alpha value is -3.57. The lowest BCUT2D eigenvalue weighted by atomic mass is 9.90. The molecule has 168 valence electrons. The van der Waals surface area contributed by atoms with E-state index in [-0.39, 0.29) is 17.8 Å². The Morgan fingerprint density at radius 2 is 2.00 bits per heavy atom. The highest BCUT2D eigenvalue weighted by molar-refractivity contribution is 5.90. The number of amides is 1. The Labute approximate surface area is 185 Å². The maximum Gasteiger partial charge on any atom is 0.293 e. The van der Waals surface area contributed by atoms with Crippen LogP contribution in [0.1, 0.15) is 60.8 Å². The van der Waals surface area contributed by atoms with Gasteiger partial charge in [-0.2, -0.15) is 14.9 Å². The van der Waals surface area contributed by atoms with Gasteiger partial charge in [0.25, 0.3) is 11.7 Å². The number of anilines is 3. The normalized spacial score (nSPS) is 20.7. The second kappa shape index (κ2) is 8.52. The number of aromatic nitrogens is 8.